The van der Waals surface area contributed by atoms with Crippen LogP contribution >= 0.6 is 0 Å². The minimum atomic E-state index is -0.630. The van der Waals surface area contributed by atoms with Crippen LogP contribution in [-0.4, -0.2) is 30.6 Å². The van der Waals surface area contributed by atoms with Crippen LogP contribution in [0.5, 0.6) is 0 Å². The Hall–Kier alpha value is -3.21. The van der Waals surface area contributed by atoms with Crippen molar-refractivity contribution >= 4 is 11.8 Å². The number of benzene rings is 1. The van der Waals surface area contributed by atoms with E-state index in [2.05, 4.69) is 20.9 Å². The number of rotatable bonds is 7. The normalized spacial score (nSPS) is 9.96. The average molecular weight is 345 g/mol. The molecule has 0 fully saturated rings. The van der Waals surface area contributed by atoms with Gasteiger partial charge < -0.3 is 16.0 Å². The molecule has 0 spiro atoms. The zero-order chi connectivity index (χ0) is 18.1. The highest BCUT2D eigenvalue weighted by atomic mass is 19.1. The Balaban J connectivity index is 1.67. The third-order valence-electron chi connectivity index (χ3n) is 3.35. The van der Waals surface area contributed by atoms with E-state index in [-0.39, 0.29) is 18.5 Å². The van der Waals surface area contributed by atoms with Crippen molar-refractivity contribution in [3.05, 3.63) is 59.3 Å². The summed E-state index contributed by atoms with van der Waals surface area (Å²) in [4.78, 5) is 15.7. The molecule has 25 heavy (non-hydrogen) atoms. The zero-order valence-electron chi connectivity index (χ0n) is 13.4. The van der Waals surface area contributed by atoms with Crippen molar-refractivity contribution in [1.82, 2.24) is 15.6 Å². The van der Waals surface area contributed by atoms with Crippen molar-refractivity contribution < 1.29 is 13.6 Å². The summed E-state index contributed by atoms with van der Waals surface area (Å²) in [5.41, 5.74) is 0.363. The maximum atomic E-state index is 13.4. The maximum Gasteiger partial charge on any atom is 0.314 e. The number of nitriles is 1. The van der Waals surface area contributed by atoms with Crippen LogP contribution in [0, 0.1) is 23.0 Å². The number of urea groups is 1. The quantitative estimate of drug-likeness (QED) is 0.671. The van der Waals surface area contributed by atoms with Crippen LogP contribution in [0.1, 0.15) is 11.1 Å². The molecule has 0 aliphatic carbocycles. The SMILES string of the molecule is N#Cc1cccnc1NCCNC(=O)NCCc1c(F)cccc1F. The summed E-state index contributed by atoms with van der Waals surface area (Å²) in [6.45, 7) is 0.776. The number of aromatic nitrogens is 1. The maximum absolute atomic E-state index is 13.4. The molecule has 1 aromatic carbocycles. The molecule has 1 aromatic heterocycles. The van der Waals surface area contributed by atoms with Gasteiger partial charge in [0.2, 0.25) is 0 Å². The topological polar surface area (TPSA) is 89.8 Å². The van der Waals surface area contributed by atoms with Crippen molar-refractivity contribution in [2.24, 2.45) is 0 Å². The number of anilines is 1. The van der Waals surface area contributed by atoms with Crippen LogP contribution in [0.15, 0.2) is 36.5 Å². The monoisotopic (exact) mass is 345 g/mol. The minimum absolute atomic E-state index is 0.0522. The summed E-state index contributed by atoms with van der Waals surface area (Å²) in [5.74, 6) is -0.813. The van der Waals surface area contributed by atoms with Gasteiger partial charge in [0.25, 0.3) is 0 Å². The molecule has 0 bridgehead atoms. The first-order chi connectivity index (χ1) is 12.1. The predicted octanol–water partition coefficient (Wildman–Crippen LogP) is 2.19. The molecule has 0 aliphatic rings. The summed E-state index contributed by atoms with van der Waals surface area (Å²) in [7, 11) is 0. The summed E-state index contributed by atoms with van der Waals surface area (Å²) in [6.07, 6.45) is 1.62. The molecule has 130 valence electrons. The van der Waals surface area contributed by atoms with Crippen LogP contribution in [0.2, 0.25) is 0 Å². The molecule has 0 saturated carbocycles. The Bertz CT molecular complexity index is 756. The van der Waals surface area contributed by atoms with Crippen LogP contribution in [-0.2, 0) is 6.42 Å². The molecule has 6 nitrogen and oxygen atoms in total. The van der Waals surface area contributed by atoms with Crippen molar-refractivity contribution in [3.8, 4) is 6.07 Å². The second kappa shape index (κ2) is 9.17. The number of nitrogens with one attached hydrogen (secondary N) is 3. The fraction of sp³-hybridized carbons (Fsp3) is 0.235. The summed E-state index contributed by atoms with van der Waals surface area (Å²) in [6, 6.07) is 8.51. The number of nitrogens with zero attached hydrogens (tertiary/aromatic N) is 2. The molecule has 3 N–H and O–H groups in total. The van der Waals surface area contributed by atoms with Gasteiger partial charge in [-0.2, -0.15) is 5.26 Å². The Morgan fingerprint density at radius 3 is 2.52 bits per heavy atom. The Morgan fingerprint density at radius 2 is 1.80 bits per heavy atom. The minimum Gasteiger partial charge on any atom is -0.367 e. The van der Waals surface area contributed by atoms with Crippen molar-refractivity contribution in [2.45, 2.75) is 6.42 Å². The number of carbonyl (C=O) groups is 1. The van der Waals surface area contributed by atoms with E-state index in [1.54, 1.807) is 18.3 Å². The first kappa shape index (κ1) is 18.1. The van der Waals surface area contributed by atoms with E-state index in [1.165, 1.54) is 18.2 Å². The van der Waals surface area contributed by atoms with Gasteiger partial charge >= 0.3 is 6.03 Å². The van der Waals surface area contributed by atoms with Gasteiger partial charge in [-0.25, -0.2) is 18.6 Å². The lowest BCUT2D eigenvalue weighted by Crippen LogP contribution is -2.39. The molecule has 0 saturated heterocycles. The molecule has 0 unspecified atom stereocenters. The van der Waals surface area contributed by atoms with Crippen LogP contribution in [0.3, 0.4) is 0 Å². The second-order valence-corrected chi connectivity index (χ2v) is 5.07. The summed E-state index contributed by atoms with van der Waals surface area (Å²) < 4.78 is 26.9. The molecular formula is C17H17F2N5O. The first-order valence-electron chi connectivity index (χ1n) is 7.65. The van der Waals surface area contributed by atoms with Gasteiger partial charge in [-0.15, -0.1) is 0 Å². The number of halogens is 2. The number of pyridine rings is 1. The van der Waals surface area contributed by atoms with Gasteiger partial charge in [0, 0.05) is 31.4 Å². The lowest BCUT2D eigenvalue weighted by atomic mass is 10.1. The van der Waals surface area contributed by atoms with Crippen LogP contribution in [0.4, 0.5) is 19.4 Å². The molecular weight excluding hydrogens is 328 g/mol. The van der Waals surface area contributed by atoms with E-state index in [0.29, 0.717) is 24.5 Å². The molecule has 8 heteroatoms. The van der Waals surface area contributed by atoms with Gasteiger partial charge in [0.15, 0.2) is 0 Å². The smallest absolute Gasteiger partial charge is 0.314 e. The molecule has 0 atom stereocenters. The number of amides is 2. The standard InChI is InChI=1S/C17H17F2N5O/c18-14-4-1-5-15(19)13(14)6-8-23-17(25)24-10-9-22-16-12(11-20)3-2-7-21-16/h1-5,7H,6,8-10H2,(H,21,22)(H2,23,24,25). The summed E-state index contributed by atoms with van der Waals surface area (Å²) >= 11 is 0. The summed E-state index contributed by atoms with van der Waals surface area (Å²) in [5, 5.41) is 17.0. The second-order valence-electron chi connectivity index (χ2n) is 5.07. The molecule has 1 heterocycles. The number of carbonyl (C=O) groups excluding carboxylic acids is 1. The average Bonchev–Trinajstić information content (AvgIpc) is 2.61. The number of hydrogen-bond acceptors (Lipinski definition) is 4. The van der Waals surface area contributed by atoms with E-state index in [1.807, 2.05) is 6.07 Å². The van der Waals surface area contributed by atoms with Crippen LogP contribution in [0.25, 0.3) is 0 Å². The highest BCUT2D eigenvalue weighted by molar-refractivity contribution is 5.73. The van der Waals surface area contributed by atoms with Crippen molar-refractivity contribution in [1.29, 1.82) is 5.26 Å². The van der Waals surface area contributed by atoms with Gasteiger partial charge in [-0.1, -0.05) is 6.07 Å². The molecule has 0 radical (unpaired) electrons. The Kier molecular flexibility index (Phi) is 6.65. The third kappa shape index (κ3) is 5.42. The van der Waals surface area contributed by atoms with Gasteiger partial charge in [0.05, 0.1) is 5.56 Å². The van der Waals surface area contributed by atoms with E-state index in [4.69, 9.17) is 5.26 Å². The molecule has 2 rings (SSSR count). The molecule has 2 amide bonds. The van der Waals surface area contributed by atoms with E-state index in [0.717, 1.165) is 0 Å². The fourth-order valence-electron chi connectivity index (χ4n) is 2.13. The largest absolute Gasteiger partial charge is 0.367 e. The first-order valence-corrected chi connectivity index (χ1v) is 7.65. The molecule has 2 aromatic rings. The number of hydrogen-bond donors (Lipinski definition) is 3. The highest BCUT2D eigenvalue weighted by Gasteiger charge is 2.08. The van der Waals surface area contributed by atoms with Gasteiger partial charge in [0.1, 0.15) is 23.5 Å². The lowest BCUT2D eigenvalue weighted by molar-refractivity contribution is 0.241. The predicted molar refractivity (Wildman–Crippen MR) is 88.9 cm³/mol. The van der Waals surface area contributed by atoms with Crippen molar-refractivity contribution in [3.63, 3.8) is 0 Å². The van der Waals surface area contributed by atoms with E-state index < -0.39 is 17.7 Å². The van der Waals surface area contributed by atoms with Crippen molar-refractivity contribution in [2.75, 3.05) is 25.0 Å². The molecule has 0 aliphatic heterocycles. The fourth-order valence-corrected chi connectivity index (χ4v) is 2.13. The lowest BCUT2D eigenvalue weighted by Gasteiger charge is -2.10. The van der Waals surface area contributed by atoms with E-state index in [9.17, 15) is 13.6 Å². The van der Waals surface area contributed by atoms with Crippen LogP contribution < -0.4 is 16.0 Å². The highest BCUT2D eigenvalue weighted by Crippen LogP contribution is 2.12. The Morgan fingerprint density at radius 1 is 1.08 bits per heavy atom. The van der Waals surface area contributed by atoms with Gasteiger partial charge in [-0.05, 0) is 30.7 Å². The Labute approximate surface area is 143 Å². The zero-order valence-corrected chi connectivity index (χ0v) is 13.4. The third-order valence-corrected chi connectivity index (χ3v) is 3.35. The van der Waals surface area contributed by atoms with Gasteiger partial charge in [-0.3, -0.25) is 0 Å². The van der Waals surface area contributed by atoms with E-state index >= 15 is 0 Å².